The van der Waals surface area contributed by atoms with Gasteiger partial charge in [-0.25, -0.2) is 0 Å². The predicted molar refractivity (Wildman–Crippen MR) is 77.5 cm³/mol. The van der Waals surface area contributed by atoms with Gasteiger partial charge in [0.15, 0.2) is 0 Å². The first-order chi connectivity index (χ1) is 8.58. The molecule has 1 atom stereocenters. The zero-order chi connectivity index (χ0) is 13.1. The molecule has 1 heterocycles. The molecule has 0 aromatic heterocycles. The Kier molecular flexibility index (Phi) is 4.32. The number of aliphatic hydroxyl groups is 1. The molecule has 2 rings (SSSR count). The molecule has 1 aliphatic rings. The highest BCUT2D eigenvalue weighted by Gasteiger charge is 2.26. The summed E-state index contributed by atoms with van der Waals surface area (Å²) in [5, 5.41) is 9.56. The highest BCUT2D eigenvalue weighted by molar-refractivity contribution is 7.80. The van der Waals surface area contributed by atoms with Crippen molar-refractivity contribution in [3.8, 4) is 0 Å². The third kappa shape index (κ3) is 3.07. The van der Waals surface area contributed by atoms with Crippen LogP contribution in [0.25, 0.3) is 0 Å². The van der Waals surface area contributed by atoms with Crippen LogP contribution < -0.4 is 5.73 Å². The maximum atomic E-state index is 9.56. The third-order valence-electron chi connectivity index (χ3n) is 3.53. The number of likely N-dealkylation sites (tertiary alicyclic amines) is 1. The molecule has 1 aliphatic heterocycles. The van der Waals surface area contributed by atoms with E-state index in [-0.39, 0.29) is 12.1 Å². The van der Waals surface area contributed by atoms with Crippen LogP contribution in [0.3, 0.4) is 0 Å². The molecule has 0 saturated carbocycles. The SMILES string of the molecule is Cc1ccc(C(C(N)=S)N2CCC(O)CC2)cc1. The van der Waals surface area contributed by atoms with Gasteiger partial charge in [0, 0.05) is 13.1 Å². The minimum absolute atomic E-state index is 0.00639. The van der Waals surface area contributed by atoms with Gasteiger partial charge in [-0.05, 0) is 25.3 Å². The quantitative estimate of drug-likeness (QED) is 0.817. The van der Waals surface area contributed by atoms with Crippen molar-refractivity contribution in [3.63, 3.8) is 0 Å². The van der Waals surface area contributed by atoms with E-state index in [4.69, 9.17) is 18.0 Å². The van der Waals surface area contributed by atoms with E-state index in [0.29, 0.717) is 4.99 Å². The van der Waals surface area contributed by atoms with Crippen molar-refractivity contribution in [2.75, 3.05) is 13.1 Å². The van der Waals surface area contributed by atoms with Crippen molar-refractivity contribution in [3.05, 3.63) is 35.4 Å². The second-order valence-electron chi connectivity index (χ2n) is 4.98. The summed E-state index contributed by atoms with van der Waals surface area (Å²) in [6.45, 7) is 3.75. The van der Waals surface area contributed by atoms with Gasteiger partial charge in [0.2, 0.25) is 0 Å². The monoisotopic (exact) mass is 264 g/mol. The summed E-state index contributed by atoms with van der Waals surface area (Å²) in [4.78, 5) is 2.77. The Morgan fingerprint density at radius 3 is 2.39 bits per heavy atom. The van der Waals surface area contributed by atoms with Crippen LogP contribution in [0.15, 0.2) is 24.3 Å². The number of benzene rings is 1. The van der Waals surface area contributed by atoms with Crippen molar-refractivity contribution < 1.29 is 5.11 Å². The van der Waals surface area contributed by atoms with E-state index in [1.165, 1.54) is 5.56 Å². The minimum Gasteiger partial charge on any atom is -0.393 e. The van der Waals surface area contributed by atoms with Gasteiger partial charge in [-0.3, -0.25) is 4.90 Å². The Bertz CT molecular complexity index is 410. The van der Waals surface area contributed by atoms with Crippen molar-refractivity contribution >= 4 is 17.2 Å². The predicted octanol–water partition coefficient (Wildman–Crippen LogP) is 1.78. The molecule has 1 aromatic rings. The molecule has 0 spiro atoms. The zero-order valence-electron chi connectivity index (χ0n) is 10.7. The Labute approximate surface area is 114 Å². The molecule has 4 heteroatoms. The molecule has 0 radical (unpaired) electrons. The molecular weight excluding hydrogens is 244 g/mol. The molecule has 1 saturated heterocycles. The molecule has 3 N–H and O–H groups in total. The standard InChI is InChI=1S/C14H20N2OS/c1-10-2-4-11(5-3-10)13(14(15)18)16-8-6-12(17)7-9-16/h2-5,12-13,17H,6-9H2,1H3,(H2,15,18). The van der Waals surface area contributed by atoms with Gasteiger partial charge >= 0.3 is 0 Å². The summed E-state index contributed by atoms with van der Waals surface area (Å²) < 4.78 is 0. The number of rotatable bonds is 3. The lowest BCUT2D eigenvalue weighted by Gasteiger charge is -2.35. The molecular formula is C14H20N2OS. The Morgan fingerprint density at radius 2 is 1.89 bits per heavy atom. The Hall–Kier alpha value is -0.970. The molecule has 0 aliphatic carbocycles. The van der Waals surface area contributed by atoms with Gasteiger partial charge in [0.05, 0.1) is 17.1 Å². The van der Waals surface area contributed by atoms with Crippen LogP contribution >= 0.6 is 12.2 Å². The highest BCUT2D eigenvalue weighted by atomic mass is 32.1. The highest BCUT2D eigenvalue weighted by Crippen LogP contribution is 2.25. The molecule has 1 fully saturated rings. The topological polar surface area (TPSA) is 49.5 Å². The fourth-order valence-corrected chi connectivity index (χ4v) is 2.73. The summed E-state index contributed by atoms with van der Waals surface area (Å²) in [5.74, 6) is 0. The van der Waals surface area contributed by atoms with Gasteiger partial charge in [-0.1, -0.05) is 42.0 Å². The van der Waals surface area contributed by atoms with Gasteiger partial charge < -0.3 is 10.8 Å². The van der Waals surface area contributed by atoms with Gasteiger partial charge in [0.1, 0.15) is 0 Å². The van der Waals surface area contributed by atoms with Crippen LogP contribution in [-0.2, 0) is 0 Å². The summed E-state index contributed by atoms with van der Waals surface area (Å²) >= 11 is 5.22. The number of hydrogen-bond acceptors (Lipinski definition) is 3. The number of nitrogens with zero attached hydrogens (tertiary/aromatic N) is 1. The molecule has 0 amide bonds. The van der Waals surface area contributed by atoms with Crippen LogP contribution in [0, 0.1) is 6.92 Å². The van der Waals surface area contributed by atoms with Crippen molar-refractivity contribution in [2.24, 2.45) is 5.73 Å². The maximum absolute atomic E-state index is 9.56. The molecule has 1 aromatic carbocycles. The maximum Gasteiger partial charge on any atom is 0.0948 e. The van der Waals surface area contributed by atoms with Gasteiger partial charge in [-0.15, -0.1) is 0 Å². The summed E-state index contributed by atoms with van der Waals surface area (Å²) in [5.41, 5.74) is 8.27. The van der Waals surface area contributed by atoms with Gasteiger partial charge in [0.25, 0.3) is 0 Å². The van der Waals surface area contributed by atoms with Crippen LogP contribution in [0.4, 0.5) is 0 Å². The van der Waals surface area contributed by atoms with E-state index >= 15 is 0 Å². The largest absolute Gasteiger partial charge is 0.393 e. The van der Waals surface area contributed by atoms with Crippen molar-refractivity contribution in [2.45, 2.75) is 31.9 Å². The Morgan fingerprint density at radius 1 is 1.33 bits per heavy atom. The minimum atomic E-state index is -0.175. The van der Waals surface area contributed by atoms with Crippen molar-refractivity contribution in [1.29, 1.82) is 0 Å². The van der Waals surface area contributed by atoms with E-state index in [1.54, 1.807) is 0 Å². The first-order valence-electron chi connectivity index (χ1n) is 6.36. The van der Waals surface area contributed by atoms with Crippen LogP contribution in [0.1, 0.15) is 30.0 Å². The first kappa shape index (κ1) is 13.5. The third-order valence-corrected chi connectivity index (χ3v) is 3.75. The average Bonchev–Trinajstić information content (AvgIpc) is 2.34. The van der Waals surface area contributed by atoms with E-state index in [1.807, 2.05) is 0 Å². The molecule has 0 bridgehead atoms. The smallest absolute Gasteiger partial charge is 0.0948 e. The number of hydrogen-bond donors (Lipinski definition) is 2. The van der Waals surface area contributed by atoms with E-state index in [2.05, 4.69) is 36.1 Å². The van der Waals surface area contributed by atoms with Crippen LogP contribution in [-0.4, -0.2) is 34.2 Å². The fourth-order valence-electron chi connectivity index (χ4n) is 2.45. The van der Waals surface area contributed by atoms with Crippen molar-refractivity contribution in [1.82, 2.24) is 4.90 Å². The normalized spacial score (nSPS) is 19.7. The number of nitrogens with two attached hydrogens (primary N) is 1. The molecule has 3 nitrogen and oxygen atoms in total. The number of thiocarbonyl (C=S) groups is 1. The van der Waals surface area contributed by atoms with E-state index in [0.717, 1.165) is 31.5 Å². The average molecular weight is 264 g/mol. The van der Waals surface area contributed by atoms with E-state index in [9.17, 15) is 5.11 Å². The summed E-state index contributed by atoms with van der Waals surface area (Å²) in [6, 6.07) is 8.33. The van der Waals surface area contributed by atoms with E-state index < -0.39 is 0 Å². The second-order valence-corrected chi connectivity index (χ2v) is 5.45. The molecule has 1 unspecified atom stereocenters. The van der Waals surface area contributed by atoms with Gasteiger partial charge in [-0.2, -0.15) is 0 Å². The lowest BCUT2D eigenvalue weighted by Crippen LogP contribution is -2.43. The second kappa shape index (κ2) is 5.78. The Balaban J connectivity index is 2.18. The summed E-state index contributed by atoms with van der Waals surface area (Å²) in [6.07, 6.45) is 1.42. The number of piperidine rings is 1. The molecule has 18 heavy (non-hydrogen) atoms. The number of aryl methyl sites for hydroxylation is 1. The fraction of sp³-hybridized carbons (Fsp3) is 0.500. The first-order valence-corrected chi connectivity index (χ1v) is 6.77. The lowest BCUT2D eigenvalue weighted by molar-refractivity contribution is 0.0739. The van der Waals surface area contributed by atoms with Crippen LogP contribution in [0.2, 0.25) is 0 Å². The molecule has 98 valence electrons. The lowest BCUT2D eigenvalue weighted by atomic mass is 9.99. The zero-order valence-corrected chi connectivity index (χ0v) is 11.5. The number of aliphatic hydroxyl groups excluding tert-OH is 1. The summed E-state index contributed by atoms with van der Waals surface area (Å²) in [7, 11) is 0. The van der Waals surface area contributed by atoms with Crippen LogP contribution in [0.5, 0.6) is 0 Å².